The fourth-order valence-corrected chi connectivity index (χ4v) is 6.33. The molecule has 4 nitrogen and oxygen atoms in total. The van der Waals surface area contributed by atoms with Crippen molar-refractivity contribution in [2.75, 3.05) is 0 Å². The van der Waals surface area contributed by atoms with Crippen LogP contribution in [0.2, 0.25) is 0 Å². The highest BCUT2D eigenvalue weighted by Crippen LogP contribution is 2.67. The van der Waals surface area contributed by atoms with Gasteiger partial charge in [0.2, 0.25) is 11.8 Å². The first kappa shape index (κ1) is 19.6. The number of carbonyl (C=O) groups excluding carboxylic acids is 2. The van der Waals surface area contributed by atoms with Gasteiger partial charge in [-0.25, -0.2) is 0 Å². The van der Waals surface area contributed by atoms with E-state index in [4.69, 9.17) is 0 Å². The molecule has 3 aliphatic carbocycles. The molecular weight excluding hydrogens is 572 g/mol. The molecule has 2 N–H and O–H groups in total. The van der Waals surface area contributed by atoms with Gasteiger partial charge in [0.1, 0.15) is 0 Å². The zero-order valence-electron chi connectivity index (χ0n) is 13.7. The average molecular weight is 594 g/mol. The third kappa shape index (κ3) is 3.38. The number of halogens is 4. The normalized spacial score (nSPS) is 42.1. The van der Waals surface area contributed by atoms with Gasteiger partial charge in [-0.05, 0) is 52.4 Å². The van der Waals surface area contributed by atoms with Crippen molar-refractivity contribution in [3.05, 3.63) is 0 Å². The van der Waals surface area contributed by atoms with E-state index in [-0.39, 0.29) is 41.2 Å². The molecule has 0 radical (unpaired) electrons. The van der Waals surface area contributed by atoms with E-state index in [2.05, 4.69) is 74.4 Å². The SMILES string of the molecule is C[C@]1(C(=O)NC2CCC(NC(=O)[C@@]3(C)CC3(Br)Br)CC2)CC1(Br)Br. The predicted molar refractivity (Wildman–Crippen MR) is 109 cm³/mol. The molecule has 0 heterocycles. The van der Waals surface area contributed by atoms with Crippen molar-refractivity contribution < 1.29 is 9.59 Å². The second-order valence-corrected chi connectivity index (χ2v) is 15.5. The number of hydrogen-bond donors (Lipinski definition) is 2. The topological polar surface area (TPSA) is 58.2 Å². The molecule has 0 saturated heterocycles. The fourth-order valence-electron chi connectivity index (χ4n) is 3.36. The highest BCUT2D eigenvalue weighted by molar-refractivity contribution is 9.26. The second kappa shape index (κ2) is 6.20. The molecule has 0 unspecified atom stereocenters. The minimum atomic E-state index is -0.367. The highest BCUT2D eigenvalue weighted by atomic mass is 79.9. The van der Waals surface area contributed by atoms with E-state index in [0.717, 1.165) is 38.5 Å². The Bertz CT molecular complexity index is 524. The number of carbonyl (C=O) groups is 2. The van der Waals surface area contributed by atoms with Gasteiger partial charge in [0.05, 0.1) is 17.3 Å². The Labute approximate surface area is 176 Å². The van der Waals surface area contributed by atoms with Gasteiger partial charge in [0, 0.05) is 12.1 Å². The van der Waals surface area contributed by atoms with Gasteiger partial charge in [-0.3, -0.25) is 9.59 Å². The number of alkyl halides is 4. The standard InChI is InChI=1S/C16H22Br4N2O2/c1-13(7-15(13,17)18)11(23)21-9-3-5-10(6-4-9)22-12(24)14(2)8-16(14,19)20/h9-10H,3-8H2,1-2H3,(H,21,23)(H,22,24)/t9?,10?,13-,14-/m1/s1. The lowest BCUT2D eigenvalue weighted by atomic mass is 9.90. The van der Waals surface area contributed by atoms with Crippen molar-refractivity contribution in [1.29, 1.82) is 0 Å². The minimum Gasteiger partial charge on any atom is -0.353 e. The van der Waals surface area contributed by atoms with Gasteiger partial charge in [-0.15, -0.1) is 0 Å². The number of rotatable bonds is 4. The zero-order chi connectivity index (χ0) is 18.0. The van der Waals surface area contributed by atoms with E-state index in [1.54, 1.807) is 0 Å². The van der Waals surface area contributed by atoms with Crippen LogP contribution in [0.4, 0.5) is 0 Å². The molecule has 24 heavy (non-hydrogen) atoms. The van der Waals surface area contributed by atoms with Gasteiger partial charge >= 0.3 is 0 Å². The summed E-state index contributed by atoms with van der Waals surface area (Å²) in [4.78, 5) is 24.9. The van der Waals surface area contributed by atoms with Crippen LogP contribution in [0, 0.1) is 10.8 Å². The Kier molecular flexibility index (Phi) is 5.06. The Morgan fingerprint density at radius 2 is 1.00 bits per heavy atom. The molecule has 3 aliphatic rings. The van der Waals surface area contributed by atoms with Crippen LogP contribution < -0.4 is 10.6 Å². The summed E-state index contributed by atoms with van der Waals surface area (Å²) in [6.07, 6.45) is 5.25. The summed E-state index contributed by atoms with van der Waals surface area (Å²) < 4.78 is -0.500. The Morgan fingerprint density at radius 1 is 0.750 bits per heavy atom. The van der Waals surface area contributed by atoms with E-state index in [1.165, 1.54) is 0 Å². The summed E-state index contributed by atoms with van der Waals surface area (Å²) in [6.45, 7) is 3.95. The van der Waals surface area contributed by atoms with Crippen LogP contribution in [0.3, 0.4) is 0 Å². The van der Waals surface area contributed by atoms with Crippen molar-refractivity contribution in [2.24, 2.45) is 10.8 Å². The van der Waals surface area contributed by atoms with Crippen molar-refractivity contribution in [2.45, 2.75) is 70.9 Å². The summed E-state index contributed by atoms with van der Waals surface area (Å²) >= 11 is 14.2. The molecule has 0 spiro atoms. The maximum atomic E-state index is 12.4. The summed E-state index contributed by atoms with van der Waals surface area (Å²) in [5.74, 6) is 0.218. The Balaban J connectivity index is 1.44. The van der Waals surface area contributed by atoms with Crippen LogP contribution in [0.5, 0.6) is 0 Å². The van der Waals surface area contributed by atoms with Crippen LogP contribution in [0.25, 0.3) is 0 Å². The molecule has 0 aromatic heterocycles. The minimum absolute atomic E-state index is 0.109. The van der Waals surface area contributed by atoms with E-state index in [9.17, 15) is 9.59 Å². The first-order chi connectivity index (χ1) is 10.9. The molecule has 3 fully saturated rings. The highest BCUT2D eigenvalue weighted by Gasteiger charge is 2.67. The monoisotopic (exact) mass is 590 g/mol. The van der Waals surface area contributed by atoms with Crippen molar-refractivity contribution in [1.82, 2.24) is 10.6 Å². The third-order valence-electron chi connectivity index (χ3n) is 5.92. The van der Waals surface area contributed by atoms with Gasteiger partial charge in [-0.2, -0.15) is 0 Å². The molecule has 2 amide bonds. The molecule has 3 saturated carbocycles. The quantitative estimate of drug-likeness (QED) is 0.477. The summed E-state index contributed by atoms with van der Waals surface area (Å²) in [5.41, 5.74) is -0.735. The largest absolute Gasteiger partial charge is 0.353 e. The van der Waals surface area contributed by atoms with Crippen LogP contribution >= 0.6 is 63.7 Å². The van der Waals surface area contributed by atoms with E-state index in [1.807, 2.05) is 13.8 Å². The van der Waals surface area contributed by atoms with Crippen molar-refractivity contribution >= 4 is 75.5 Å². The molecule has 3 rings (SSSR count). The molecule has 136 valence electrons. The number of amides is 2. The maximum absolute atomic E-state index is 12.4. The second-order valence-electron chi connectivity index (χ2n) is 7.92. The molecule has 0 aliphatic heterocycles. The molecule has 0 aromatic rings. The lowest BCUT2D eigenvalue weighted by Crippen LogP contribution is -2.47. The summed E-state index contributed by atoms with van der Waals surface area (Å²) in [7, 11) is 0. The van der Waals surface area contributed by atoms with Gasteiger partial charge in [0.25, 0.3) is 0 Å². The van der Waals surface area contributed by atoms with Gasteiger partial charge < -0.3 is 10.6 Å². The van der Waals surface area contributed by atoms with Gasteiger partial charge in [-0.1, -0.05) is 63.7 Å². The molecular formula is C16H22Br4N2O2. The first-order valence-electron chi connectivity index (χ1n) is 8.29. The van der Waals surface area contributed by atoms with Gasteiger partial charge in [0.15, 0.2) is 0 Å². The van der Waals surface area contributed by atoms with Crippen LogP contribution in [0.15, 0.2) is 0 Å². The predicted octanol–water partition coefficient (Wildman–Crippen LogP) is 4.32. The van der Waals surface area contributed by atoms with Crippen LogP contribution in [-0.2, 0) is 9.59 Å². The smallest absolute Gasteiger partial charge is 0.228 e. The van der Waals surface area contributed by atoms with E-state index >= 15 is 0 Å². The average Bonchev–Trinajstić information content (AvgIpc) is 3.21. The fraction of sp³-hybridized carbons (Fsp3) is 0.875. The third-order valence-corrected chi connectivity index (χ3v) is 10.5. The molecule has 2 atom stereocenters. The number of hydrogen-bond acceptors (Lipinski definition) is 2. The maximum Gasteiger partial charge on any atom is 0.228 e. The Morgan fingerprint density at radius 3 is 1.21 bits per heavy atom. The molecule has 8 heteroatoms. The molecule has 0 aromatic carbocycles. The first-order valence-corrected chi connectivity index (χ1v) is 11.5. The lowest BCUT2D eigenvalue weighted by molar-refractivity contribution is -0.128. The number of nitrogens with one attached hydrogen (secondary N) is 2. The van der Waals surface area contributed by atoms with Crippen LogP contribution in [-0.4, -0.2) is 30.4 Å². The van der Waals surface area contributed by atoms with Crippen molar-refractivity contribution in [3.8, 4) is 0 Å². The summed E-state index contributed by atoms with van der Waals surface area (Å²) in [6, 6.07) is 0.420. The van der Waals surface area contributed by atoms with Crippen molar-refractivity contribution in [3.63, 3.8) is 0 Å². The summed E-state index contributed by atoms with van der Waals surface area (Å²) in [5, 5.41) is 6.36. The molecule has 0 bridgehead atoms. The van der Waals surface area contributed by atoms with Crippen LogP contribution in [0.1, 0.15) is 52.4 Å². The Hall–Kier alpha value is 0.860. The zero-order valence-corrected chi connectivity index (χ0v) is 20.1. The lowest BCUT2D eigenvalue weighted by Gasteiger charge is -2.31. The van der Waals surface area contributed by atoms with E-state index in [0.29, 0.717) is 0 Å². The van der Waals surface area contributed by atoms with E-state index < -0.39 is 0 Å².